The quantitative estimate of drug-likeness (QED) is 0.129. The Bertz CT molecular complexity index is 3420. The predicted molar refractivity (Wildman–Crippen MR) is 280 cm³/mol. The second-order valence-electron chi connectivity index (χ2n) is 19.1. The van der Waals surface area contributed by atoms with Crippen molar-refractivity contribution < 1.29 is 0 Å². The summed E-state index contributed by atoms with van der Waals surface area (Å²) in [6, 6.07) is 38.3. The van der Waals surface area contributed by atoms with Gasteiger partial charge in [0.05, 0.1) is 40.7 Å². The number of allylic oxidation sites excluding steroid dienone is 11. The highest BCUT2D eigenvalue weighted by atomic mass is 15.4. The summed E-state index contributed by atoms with van der Waals surface area (Å²) in [5, 5.41) is 18.5. The predicted octanol–water partition coefficient (Wildman–Crippen LogP) is 13.0. The molecular weight excluding hydrogens is 817 g/mol. The SMILES string of the molecule is NC1C=C(C2NC(C3=CCC(C4=CC=CCC4)C=C3)NC(c3ccc(C4=CCCC=C4)cc3)N2)C(n2c3c(c4ccc5c(c6ccccc6n5-c5cccc6ccccc56)c42)C=CCC3)=CC1. The molecule has 3 heterocycles. The number of hydrogen-bond donors (Lipinski definition) is 4. The van der Waals surface area contributed by atoms with Crippen LogP contribution in [0.4, 0.5) is 0 Å². The lowest BCUT2D eigenvalue weighted by atomic mass is 9.85. The molecule has 7 aromatic rings. The molecule has 5 unspecified atom stereocenters. The molecule has 5 aliphatic carbocycles. The van der Waals surface area contributed by atoms with Crippen LogP contribution in [0.3, 0.4) is 0 Å². The lowest BCUT2D eigenvalue weighted by Crippen LogP contribution is -2.64. The van der Waals surface area contributed by atoms with Crippen LogP contribution in [-0.2, 0) is 6.42 Å². The minimum atomic E-state index is -0.209. The van der Waals surface area contributed by atoms with Gasteiger partial charge in [-0.05, 0) is 97.2 Å². The molecule has 0 radical (unpaired) electrons. The van der Waals surface area contributed by atoms with Crippen molar-refractivity contribution in [2.75, 3.05) is 0 Å². The average Bonchev–Trinajstić information content (AvgIpc) is 3.92. The van der Waals surface area contributed by atoms with Crippen LogP contribution in [0, 0.1) is 5.92 Å². The molecule has 67 heavy (non-hydrogen) atoms. The topological polar surface area (TPSA) is 72.0 Å². The van der Waals surface area contributed by atoms with Crippen molar-refractivity contribution in [3.63, 3.8) is 0 Å². The number of hydrogen-bond acceptors (Lipinski definition) is 4. The van der Waals surface area contributed by atoms with Gasteiger partial charge in [-0.3, -0.25) is 16.0 Å². The van der Waals surface area contributed by atoms with Gasteiger partial charge in [0.25, 0.3) is 0 Å². The third-order valence-electron chi connectivity index (χ3n) is 15.1. The summed E-state index contributed by atoms with van der Waals surface area (Å²) in [6.45, 7) is 0. The minimum absolute atomic E-state index is 0.0960. The Labute approximate surface area is 392 Å². The van der Waals surface area contributed by atoms with Crippen molar-refractivity contribution in [2.45, 2.75) is 75.9 Å². The van der Waals surface area contributed by atoms with Crippen molar-refractivity contribution in [3.05, 3.63) is 215 Å². The van der Waals surface area contributed by atoms with E-state index < -0.39 is 0 Å². The highest BCUT2D eigenvalue weighted by Crippen LogP contribution is 2.45. The van der Waals surface area contributed by atoms with E-state index in [2.05, 4.69) is 207 Å². The number of nitrogens with one attached hydrogen (secondary N) is 3. The first-order chi connectivity index (χ1) is 33.1. The molecule has 330 valence electrons. The van der Waals surface area contributed by atoms with Gasteiger partial charge in [-0.1, -0.05) is 169 Å². The van der Waals surface area contributed by atoms with Crippen LogP contribution in [0.25, 0.3) is 66.5 Å². The maximum absolute atomic E-state index is 7.01. The van der Waals surface area contributed by atoms with E-state index in [1.165, 1.54) is 99.5 Å². The van der Waals surface area contributed by atoms with Gasteiger partial charge in [0.2, 0.25) is 0 Å². The van der Waals surface area contributed by atoms with Gasteiger partial charge in [0, 0.05) is 56.0 Å². The third-order valence-corrected chi connectivity index (χ3v) is 15.1. The zero-order chi connectivity index (χ0) is 44.4. The van der Waals surface area contributed by atoms with Crippen LogP contribution in [0.15, 0.2) is 193 Å². The van der Waals surface area contributed by atoms with Crippen molar-refractivity contribution in [1.29, 1.82) is 0 Å². The van der Waals surface area contributed by atoms with Crippen LogP contribution in [0.5, 0.6) is 0 Å². The molecule has 1 saturated heterocycles. The Morgan fingerprint density at radius 2 is 1.42 bits per heavy atom. The largest absolute Gasteiger partial charge is 0.324 e. The van der Waals surface area contributed by atoms with Gasteiger partial charge in [0.15, 0.2) is 0 Å². The van der Waals surface area contributed by atoms with Crippen molar-refractivity contribution in [2.24, 2.45) is 11.7 Å². The van der Waals surface area contributed by atoms with Gasteiger partial charge < -0.3 is 14.9 Å². The first kappa shape index (κ1) is 40.5. The Kier molecular flexibility index (Phi) is 10.2. The number of para-hydroxylation sites is 1. The zero-order valence-electron chi connectivity index (χ0n) is 37.8. The summed E-state index contributed by atoms with van der Waals surface area (Å²) in [5.41, 5.74) is 23.5. The molecule has 5 aromatic carbocycles. The molecule has 5 atom stereocenters. The molecule has 13 rings (SSSR count). The highest BCUT2D eigenvalue weighted by Gasteiger charge is 2.36. The van der Waals surface area contributed by atoms with Gasteiger partial charge in [-0.15, -0.1) is 0 Å². The second-order valence-corrected chi connectivity index (χ2v) is 19.1. The number of rotatable bonds is 7. The number of aromatic nitrogens is 2. The van der Waals surface area contributed by atoms with E-state index in [0.717, 1.165) is 51.4 Å². The van der Waals surface area contributed by atoms with E-state index in [1.54, 1.807) is 0 Å². The molecule has 5 N–H and O–H groups in total. The van der Waals surface area contributed by atoms with E-state index in [0.29, 0.717) is 5.92 Å². The third kappa shape index (κ3) is 7.01. The van der Waals surface area contributed by atoms with Crippen LogP contribution in [0.2, 0.25) is 0 Å². The average molecular weight is 873 g/mol. The summed E-state index contributed by atoms with van der Waals surface area (Å²) in [6.07, 6.45) is 38.3. The van der Waals surface area contributed by atoms with Crippen LogP contribution >= 0.6 is 0 Å². The number of fused-ring (bicyclic) bond motifs is 8. The fraction of sp³-hybridized carbons (Fsp3) is 0.213. The molecule has 1 fully saturated rings. The van der Waals surface area contributed by atoms with Gasteiger partial charge in [-0.2, -0.15) is 0 Å². The molecule has 1 aliphatic heterocycles. The van der Waals surface area contributed by atoms with Crippen molar-refractivity contribution in [3.8, 4) is 5.69 Å². The molecule has 0 bridgehead atoms. The maximum atomic E-state index is 7.01. The standard InChI is InChI=1S/C61H56N6/c62-46-34-36-55(67-53-23-11-9-21-48(53)49-35-37-56-57(58(49)67)50-22-10-12-24-54(50)66(56)52-25-13-19-43-18-7-8-20-47(43)52)51(38-46)61-64-59(44-30-26-41(27-31-44)39-14-3-1-4-15-39)63-60(65-61)45-32-28-42(29-33-45)40-16-5-2-6-17-40/h1,3,5,7-10,12-14,16-22,24-26,28-33,35-38,41,46,59-61,63-65H,2,4,6,11,15,23,27,34,62H2. The maximum Gasteiger partial charge on any atom is 0.0882 e. The summed E-state index contributed by atoms with van der Waals surface area (Å²) >= 11 is 0. The first-order valence-corrected chi connectivity index (χ1v) is 24.6. The van der Waals surface area contributed by atoms with Crippen LogP contribution in [-0.4, -0.2) is 27.5 Å². The number of benzene rings is 5. The van der Waals surface area contributed by atoms with E-state index in [-0.39, 0.29) is 24.5 Å². The lowest BCUT2D eigenvalue weighted by molar-refractivity contribution is 0.245. The zero-order valence-corrected chi connectivity index (χ0v) is 37.8. The Balaban J connectivity index is 0.956. The first-order valence-electron chi connectivity index (χ1n) is 24.6. The summed E-state index contributed by atoms with van der Waals surface area (Å²) in [4.78, 5) is 0. The smallest absolute Gasteiger partial charge is 0.0882 e. The summed E-state index contributed by atoms with van der Waals surface area (Å²) < 4.78 is 5.13. The normalized spacial score (nSPS) is 23.9. The second kappa shape index (κ2) is 16.8. The number of nitrogens with zero attached hydrogens (tertiary/aromatic N) is 2. The molecule has 0 spiro atoms. The Hall–Kier alpha value is -6.80. The number of nitrogens with two attached hydrogens (primary N) is 1. The Morgan fingerprint density at radius 1 is 0.597 bits per heavy atom. The van der Waals surface area contributed by atoms with E-state index in [4.69, 9.17) is 5.73 Å². The molecule has 0 saturated carbocycles. The molecule has 6 heteroatoms. The highest BCUT2D eigenvalue weighted by molar-refractivity contribution is 6.23. The molecule has 2 aromatic heterocycles. The van der Waals surface area contributed by atoms with Crippen molar-refractivity contribution in [1.82, 2.24) is 25.1 Å². The van der Waals surface area contributed by atoms with E-state index in [9.17, 15) is 0 Å². The van der Waals surface area contributed by atoms with Gasteiger partial charge in [0.1, 0.15) is 0 Å². The van der Waals surface area contributed by atoms with Crippen molar-refractivity contribution >= 4 is 60.8 Å². The summed E-state index contributed by atoms with van der Waals surface area (Å²) in [7, 11) is 0. The molecule has 6 nitrogen and oxygen atoms in total. The minimum Gasteiger partial charge on any atom is -0.324 e. The molecule has 0 amide bonds. The monoisotopic (exact) mass is 872 g/mol. The van der Waals surface area contributed by atoms with Crippen LogP contribution in [0.1, 0.15) is 73.5 Å². The van der Waals surface area contributed by atoms with Gasteiger partial charge >= 0.3 is 0 Å². The van der Waals surface area contributed by atoms with Crippen LogP contribution < -0.4 is 21.7 Å². The Morgan fingerprint density at radius 3 is 2.27 bits per heavy atom. The fourth-order valence-corrected chi connectivity index (χ4v) is 11.9. The fourth-order valence-electron chi connectivity index (χ4n) is 11.9. The molecule has 6 aliphatic rings. The van der Waals surface area contributed by atoms with Gasteiger partial charge in [-0.25, -0.2) is 0 Å². The lowest BCUT2D eigenvalue weighted by Gasteiger charge is -2.42. The summed E-state index contributed by atoms with van der Waals surface area (Å²) in [5.74, 6) is 0.442. The molecular formula is C61H56N6. The van der Waals surface area contributed by atoms with E-state index in [1.807, 2.05) is 0 Å². The van der Waals surface area contributed by atoms with E-state index >= 15 is 0 Å².